The third-order valence-corrected chi connectivity index (χ3v) is 6.84. The number of carboxylic acid groups (broad SMARTS) is 2. The first-order chi connectivity index (χ1) is 23.2. The number of hydrogen-bond acceptors (Lipinski definition) is 11. The van der Waals surface area contributed by atoms with Gasteiger partial charge in [-0.25, -0.2) is 9.59 Å². The SMILES string of the molecule is CC(Oc1ccc(-c2ncc(Cl)cc2Cl)cc1O)C(=O)O.CC(Oc1ccc(-c2ncc(Cl)cc2Cl)cc1O)C(=O)O.OCCOCCO. The molecule has 2 atom stereocenters. The van der Waals surface area contributed by atoms with Gasteiger partial charge in [-0.05, 0) is 62.4 Å². The second-order valence-corrected chi connectivity index (χ2v) is 11.3. The van der Waals surface area contributed by atoms with E-state index in [4.69, 9.17) is 76.3 Å². The van der Waals surface area contributed by atoms with Gasteiger partial charge in [0.15, 0.2) is 35.2 Å². The summed E-state index contributed by atoms with van der Waals surface area (Å²) in [7, 11) is 0. The van der Waals surface area contributed by atoms with Gasteiger partial charge in [0.2, 0.25) is 0 Å². The van der Waals surface area contributed by atoms with Crippen LogP contribution in [0, 0.1) is 0 Å². The number of rotatable bonds is 12. The van der Waals surface area contributed by atoms with Gasteiger partial charge in [0, 0.05) is 23.5 Å². The number of benzene rings is 2. The van der Waals surface area contributed by atoms with Gasteiger partial charge in [-0.2, -0.15) is 0 Å². The van der Waals surface area contributed by atoms with Crippen molar-refractivity contribution in [1.82, 2.24) is 9.97 Å². The van der Waals surface area contributed by atoms with Crippen molar-refractivity contribution >= 4 is 58.3 Å². The first kappa shape index (κ1) is 41.1. The third kappa shape index (κ3) is 13.4. The summed E-state index contributed by atoms with van der Waals surface area (Å²) in [5.74, 6) is -2.51. The van der Waals surface area contributed by atoms with Gasteiger partial charge < -0.3 is 44.8 Å². The van der Waals surface area contributed by atoms with Gasteiger partial charge in [0.25, 0.3) is 0 Å². The second kappa shape index (κ2) is 20.4. The van der Waals surface area contributed by atoms with E-state index in [0.29, 0.717) is 55.8 Å². The summed E-state index contributed by atoms with van der Waals surface area (Å²) >= 11 is 23.6. The van der Waals surface area contributed by atoms with E-state index in [1.165, 1.54) is 50.5 Å². The maximum Gasteiger partial charge on any atom is 0.344 e. The average Bonchev–Trinajstić information content (AvgIpc) is 3.04. The van der Waals surface area contributed by atoms with Crippen molar-refractivity contribution in [3.8, 4) is 45.5 Å². The Morgan fingerprint density at radius 2 is 1.04 bits per heavy atom. The smallest absolute Gasteiger partial charge is 0.344 e. The molecule has 6 N–H and O–H groups in total. The molecule has 2 aromatic heterocycles. The van der Waals surface area contributed by atoms with Crippen molar-refractivity contribution in [2.45, 2.75) is 26.1 Å². The Labute approximate surface area is 300 Å². The van der Waals surface area contributed by atoms with E-state index in [2.05, 4.69) is 14.7 Å². The van der Waals surface area contributed by atoms with E-state index >= 15 is 0 Å². The maximum absolute atomic E-state index is 10.7. The summed E-state index contributed by atoms with van der Waals surface area (Å²) in [5, 5.41) is 55.1. The zero-order chi connectivity index (χ0) is 36.7. The quantitative estimate of drug-likeness (QED) is 0.0888. The molecule has 49 heavy (non-hydrogen) atoms. The molecule has 17 heteroatoms. The normalized spacial score (nSPS) is 11.6. The van der Waals surface area contributed by atoms with Crippen LogP contribution in [0.4, 0.5) is 0 Å². The molecule has 0 amide bonds. The number of aromatic nitrogens is 2. The predicted octanol–water partition coefficient (Wildman–Crippen LogP) is 6.21. The highest BCUT2D eigenvalue weighted by atomic mass is 35.5. The van der Waals surface area contributed by atoms with Crippen LogP contribution in [-0.2, 0) is 14.3 Å². The number of pyridine rings is 2. The Kier molecular flexibility index (Phi) is 17.1. The number of ether oxygens (including phenoxy) is 3. The summed E-state index contributed by atoms with van der Waals surface area (Å²) in [6, 6.07) is 12.0. The van der Waals surface area contributed by atoms with Gasteiger partial charge >= 0.3 is 11.9 Å². The number of aliphatic carboxylic acids is 2. The summed E-state index contributed by atoms with van der Waals surface area (Å²) in [6.07, 6.45) is 0.742. The van der Waals surface area contributed by atoms with E-state index in [9.17, 15) is 19.8 Å². The minimum Gasteiger partial charge on any atom is -0.504 e. The highest BCUT2D eigenvalue weighted by Gasteiger charge is 2.17. The van der Waals surface area contributed by atoms with Gasteiger partial charge in [-0.1, -0.05) is 46.4 Å². The fourth-order valence-electron chi connectivity index (χ4n) is 3.50. The van der Waals surface area contributed by atoms with Crippen molar-refractivity contribution < 1.29 is 54.4 Å². The van der Waals surface area contributed by atoms with Gasteiger partial charge in [-0.15, -0.1) is 0 Å². The molecule has 0 radical (unpaired) electrons. The maximum atomic E-state index is 10.7. The minimum absolute atomic E-state index is 0.0278. The molecule has 2 unspecified atom stereocenters. The number of halogens is 4. The minimum atomic E-state index is -1.12. The lowest BCUT2D eigenvalue weighted by Gasteiger charge is -2.12. The van der Waals surface area contributed by atoms with Crippen molar-refractivity contribution in [3.63, 3.8) is 0 Å². The number of aromatic hydroxyl groups is 2. The molecule has 0 fully saturated rings. The fraction of sp³-hybridized carbons (Fsp3) is 0.250. The lowest BCUT2D eigenvalue weighted by molar-refractivity contribution is -0.145. The van der Waals surface area contributed by atoms with Crippen molar-refractivity contribution in [2.75, 3.05) is 26.4 Å². The van der Waals surface area contributed by atoms with Crippen LogP contribution in [0.1, 0.15) is 13.8 Å². The Morgan fingerprint density at radius 1 is 0.673 bits per heavy atom. The lowest BCUT2D eigenvalue weighted by atomic mass is 10.1. The van der Waals surface area contributed by atoms with E-state index in [-0.39, 0.29) is 36.2 Å². The summed E-state index contributed by atoms with van der Waals surface area (Å²) in [6.45, 7) is 3.43. The van der Waals surface area contributed by atoms with E-state index in [1.54, 1.807) is 24.3 Å². The monoisotopic (exact) mass is 760 g/mol. The molecule has 0 bridgehead atoms. The number of hydrogen-bond donors (Lipinski definition) is 6. The molecule has 13 nitrogen and oxygen atoms in total. The van der Waals surface area contributed by atoms with Crippen LogP contribution in [-0.4, -0.2) is 91.2 Å². The lowest BCUT2D eigenvalue weighted by Crippen LogP contribution is -2.22. The highest BCUT2D eigenvalue weighted by Crippen LogP contribution is 2.36. The van der Waals surface area contributed by atoms with E-state index in [1.807, 2.05) is 0 Å². The van der Waals surface area contributed by atoms with Gasteiger partial charge in [-0.3, -0.25) is 9.97 Å². The second-order valence-electron chi connectivity index (χ2n) is 9.59. The molecule has 4 rings (SSSR count). The zero-order valence-electron chi connectivity index (χ0n) is 25.9. The molecule has 0 aliphatic carbocycles. The van der Waals surface area contributed by atoms with Crippen LogP contribution in [0.5, 0.6) is 23.0 Å². The van der Waals surface area contributed by atoms with E-state index < -0.39 is 24.1 Å². The summed E-state index contributed by atoms with van der Waals surface area (Å²) < 4.78 is 14.9. The molecule has 0 spiro atoms. The number of nitrogens with zero attached hydrogens (tertiary/aromatic N) is 2. The number of phenols is 2. The first-order valence-electron chi connectivity index (χ1n) is 14.1. The molecule has 0 saturated heterocycles. The largest absolute Gasteiger partial charge is 0.504 e. The van der Waals surface area contributed by atoms with Crippen molar-refractivity contribution in [3.05, 3.63) is 81.0 Å². The molecule has 0 aliphatic heterocycles. The van der Waals surface area contributed by atoms with Crippen LogP contribution < -0.4 is 9.47 Å². The van der Waals surface area contributed by atoms with Crippen LogP contribution in [0.15, 0.2) is 60.9 Å². The average molecular weight is 762 g/mol. The number of carbonyl (C=O) groups is 2. The van der Waals surface area contributed by atoms with Crippen LogP contribution >= 0.6 is 46.4 Å². The first-order valence-corrected chi connectivity index (χ1v) is 15.6. The topological polar surface area (TPSA) is 209 Å². The Balaban J connectivity index is 0.000000286. The number of carboxylic acids is 2. The van der Waals surface area contributed by atoms with Crippen LogP contribution in [0.2, 0.25) is 20.1 Å². The molecule has 0 aliphatic rings. The predicted molar refractivity (Wildman–Crippen MR) is 183 cm³/mol. The van der Waals surface area contributed by atoms with Crippen LogP contribution in [0.3, 0.4) is 0 Å². The molecular formula is C32H32Cl4N2O11. The fourth-order valence-corrected chi connectivity index (χ4v) is 4.47. The number of phenolic OH excluding ortho intramolecular Hbond substituents is 2. The summed E-state index contributed by atoms with van der Waals surface area (Å²) in [4.78, 5) is 29.7. The number of aliphatic hydroxyl groups is 2. The van der Waals surface area contributed by atoms with Gasteiger partial charge in [0.1, 0.15) is 0 Å². The molecular weight excluding hydrogens is 730 g/mol. The Bertz CT molecular complexity index is 1590. The molecule has 2 heterocycles. The van der Waals surface area contributed by atoms with E-state index in [0.717, 1.165) is 0 Å². The Hall–Kier alpha value is -4.08. The van der Waals surface area contributed by atoms with Gasteiger partial charge in [0.05, 0.1) is 57.9 Å². The number of aliphatic hydroxyl groups excluding tert-OH is 2. The summed E-state index contributed by atoms with van der Waals surface area (Å²) in [5.41, 5.74) is 2.03. The molecule has 4 aromatic rings. The highest BCUT2D eigenvalue weighted by molar-refractivity contribution is 6.36. The Morgan fingerprint density at radius 3 is 1.33 bits per heavy atom. The molecule has 2 aromatic carbocycles. The third-order valence-electron chi connectivity index (χ3n) is 5.85. The zero-order valence-corrected chi connectivity index (χ0v) is 28.9. The van der Waals surface area contributed by atoms with Crippen LogP contribution in [0.25, 0.3) is 22.5 Å². The standard InChI is InChI=1S/2C14H11Cl2NO4.C4H10O3/c2*1-7(14(19)20)21-12-3-2-8(4-11(12)18)13-10(16)5-9(15)6-17-13;5-1-3-7-4-2-6/h2*2-7,18H,1H3,(H,19,20);5-6H,1-4H2. The molecule has 0 saturated carbocycles. The van der Waals surface area contributed by atoms with Crippen molar-refractivity contribution in [1.29, 1.82) is 0 Å². The molecule has 264 valence electrons. The van der Waals surface area contributed by atoms with Crippen molar-refractivity contribution in [2.24, 2.45) is 0 Å².